The molecule has 2 N–H and O–H groups in total. The Labute approximate surface area is 183 Å². The minimum Gasteiger partial charge on any atom is -0.349 e. The molecule has 2 amide bonds. The number of carbonyl (C=O) groups excluding carboxylic acids is 2. The fourth-order valence-electron chi connectivity index (χ4n) is 3.05. The second-order valence-corrected chi connectivity index (χ2v) is 8.27. The van der Waals surface area contributed by atoms with Crippen molar-refractivity contribution < 1.29 is 9.59 Å². The second kappa shape index (κ2) is 9.92. The molecule has 3 rings (SSSR count). The summed E-state index contributed by atoms with van der Waals surface area (Å²) in [4.78, 5) is 24.6. The van der Waals surface area contributed by atoms with Crippen LogP contribution in [0, 0.1) is 0 Å². The summed E-state index contributed by atoms with van der Waals surface area (Å²) in [6.07, 6.45) is 0.107. The van der Waals surface area contributed by atoms with Gasteiger partial charge in [0.2, 0.25) is 11.8 Å². The monoisotopic (exact) mass is 446 g/mol. The highest BCUT2D eigenvalue weighted by Gasteiger charge is 2.22. The molecule has 0 radical (unpaired) electrons. The molecule has 0 saturated carbocycles. The lowest BCUT2D eigenvalue weighted by Crippen LogP contribution is -2.34. The van der Waals surface area contributed by atoms with Gasteiger partial charge in [0.15, 0.2) is 0 Å². The van der Waals surface area contributed by atoms with Gasteiger partial charge in [0.05, 0.1) is 18.5 Å². The van der Waals surface area contributed by atoms with Crippen molar-refractivity contribution in [3.8, 4) is 0 Å². The summed E-state index contributed by atoms with van der Waals surface area (Å²) in [6.45, 7) is 1.43. The summed E-state index contributed by atoms with van der Waals surface area (Å²) in [5, 5.41) is 11.1. The number of rotatable bonds is 7. The highest BCUT2D eigenvalue weighted by atomic mass is 35.5. The van der Waals surface area contributed by atoms with E-state index < -0.39 is 6.04 Å². The number of benzene rings is 2. The maximum atomic E-state index is 12.9. The first-order valence-corrected chi connectivity index (χ1v) is 10.7. The Morgan fingerprint density at radius 1 is 0.862 bits per heavy atom. The van der Waals surface area contributed by atoms with Crippen molar-refractivity contribution in [1.29, 1.82) is 0 Å². The van der Waals surface area contributed by atoms with Crippen LogP contribution in [-0.4, -0.2) is 11.8 Å². The lowest BCUT2D eigenvalue weighted by Gasteiger charge is -2.22. The molecule has 0 aliphatic heterocycles. The van der Waals surface area contributed by atoms with E-state index in [-0.39, 0.29) is 24.3 Å². The van der Waals surface area contributed by atoms with Gasteiger partial charge >= 0.3 is 0 Å². The molecule has 0 aliphatic carbocycles. The van der Waals surface area contributed by atoms with Crippen LogP contribution in [0.4, 0.5) is 0 Å². The third-order valence-corrected chi connectivity index (χ3v) is 5.63. The van der Waals surface area contributed by atoms with E-state index in [4.69, 9.17) is 23.2 Å². The summed E-state index contributed by atoms with van der Waals surface area (Å²) in [6, 6.07) is 15.7. The second-order valence-electron chi connectivity index (χ2n) is 6.62. The molecule has 7 heteroatoms. The summed E-state index contributed by atoms with van der Waals surface area (Å²) >= 11 is 13.5. The van der Waals surface area contributed by atoms with Crippen molar-refractivity contribution >= 4 is 46.4 Å². The van der Waals surface area contributed by atoms with Crippen LogP contribution >= 0.6 is 34.5 Å². The third kappa shape index (κ3) is 6.07. The fraction of sp³-hybridized carbons (Fsp3) is 0.182. The molecule has 2 atom stereocenters. The van der Waals surface area contributed by atoms with Crippen molar-refractivity contribution in [2.75, 3.05) is 0 Å². The van der Waals surface area contributed by atoms with Crippen LogP contribution in [0.25, 0.3) is 0 Å². The van der Waals surface area contributed by atoms with Crippen LogP contribution in [0.1, 0.15) is 42.1 Å². The molecule has 0 fully saturated rings. The minimum atomic E-state index is -0.446. The number of amides is 2. The lowest BCUT2D eigenvalue weighted by atomic mass is 9.99. The topological polar surface area (TPSA) is 58.2 Å². The Balaban J connectivity index is 1.79. The molecule has 0 saturated heterocycles. The number of thiophene rings is 1. The number of carbonyl (C=O) groups is 2. The SMILES string of the molecule is CC(=O)NC(CC(=O)NC(c1ccc(Cl)cc1)c1ccsc1)c1ccc(Cl)cc1. The Morgan fingerprint density at radius 3 is 1.97 bits per heavy atom. The molecular formula is C22H20Cl2N2O2S. The van der Waals surface area contributed by atoms with Gasteiger partial charge in [-0.25, -0.2) is 0 Å². The Kier molecular flexibility index (Phi) is 7.31. The summed E-state index contributed by atoms with van der Waals surface area (Å²) in [7, 11) is 0. The highest BCUT2D eigenvalue weighted by Crippen LogP contribution is 2.26. The van der Waals surface area contributed by atoms with Crippen LogP contribution in [0.2, 0.25) is 10.0 Å². The van der Waals surface area contributed by atoms with Gasteiger partial charge in [-0.15, -0.1) is 0 Å². The first-order chi connectivity index (χ1) is 13.9. The van der Waals surface area contributed by atoms with Gasteiger partial charge in [0.25, 0.3) is 0 Å². The summed E-state index contributed by atoms with van der Waals surface area (Å²) in [5.74, 6) is -0.380. The molecule has 0 spiro atoms. The van der Waals surface area contributed by atoms with Crippen molar-refractivity contribution in [1.82, 2.24) is 10.6 Å². The predicted molar refractivity (Wildman–Crippen MR) is 118 cm³/mol. The van der Waals surface area contributed by atoms with Gasteiger partial charge in [0.1, 0.15) is 0 Å². The van der Waals surface area contributed by atoms with Gasteiger partial charge in [-0.05, 0) is 57.8 Å². The van der Waals surface area contributed by atoms with Gasteiger partial charge < -0.3 is 10.6 Å². The minimum absolute atomic E-state index is 0.107. The smallest absolute Gasteiger partial charge is 0.223 e. The number of hydrogen-bond acceptors (Lipinski definition) is 3. The van der Waals surface area contributed by atoms with E-state index in [0.717, 1.165) is 16.7 Å². The Bertz CT molecular complexity index is 957. The van der Waals surface area contributed by atoms with Crippen LogP contribution in [0.3, 0.4) is 0 Å². The van der Waals surface area contributed by atoms with E-state index >= 15 is 0 Å². The van der Waals surface area contributed by atoms with E-state index in [1.807, 2.05) is 41.1 Å². The normalized spacial score (nSPS) is 12.8. The van der Waals surface area contributed by atoms with Crippen LogP contribution in [0.15, 0.2) is 65.4 Å². The third-order valence-electron chi connectivity index (χ3n) is 4.42. The van der Waals surface area contributed by atoms with Gasteiger partial charge in [-0.1, -0.05) is 47.5 Å². The quantitative estimate of drug-likeness (QED) is 0.501. The molecule has 1 heterocycles. The average Bonchev–Trinajstić information content (AvgIpc) is 3.21. The standard InChI is InChI=1S/C22H20Cl2N2O2S/c1-14(27)25-20(15-2-6-18(23)7-3-15)12-21(28)26-22(17-10-11-29-13-17)16-4-8-19(24)9-5-16/h2-11,13,20,22H,12H2,1H3,(H,25,27)(H,26,28). The van der Waals surface area contributed by atoms with E-state index in [1.54, 1.807) is 35.6 Å². The lowest BCUT2D eigenvalue weighted by molar-refractivity contribution is -0.123. The molecule has 0 bridgehead atoms. The Morgan fingerprint density at radius 2 is 1.45 bits per heavy atom. The number of halogens is 2. The number of hydrogen-bond donors (Lipinski definition) is 2. The molecule has 4 nitrogen and oxygen atoms in total. The Hall–Kier alpha value is -2.34. The molecular weight excluding hydrogens is 427 g/mol. The average molecular weight is 447 g/mol. The zero-order valence-corrected chi connectivity index (χ0v) is 18.0. The molecule has 2 unspecified atom stereocenters. The molecule has 0 aliphatic rings. The van der Waals surface area contributed by atoms with Crippen LogP contribution in [0.5, 0.6) is 0 Å². The summed E-state index contributed by atoms with van der Waals surface area (Å²) < 4.78 is 0. The van der Waals surface area contributed by atoms with E-state index in [2.05, 4.69) is 10.6 Å². The maximum absolute atomic E-state index is 12.9. The van der Waals surface area contributed by atoms with E-state index in [1.165, 1.54) is 6.92 Å². The van der Waals surface area contributed by atoms with Gasteiger partial charge in [0, 0.05) is 17.0 Å². The summed E-state index contributed by atoms with van der Waals surface area (Å²) in [5.41, 5.74) is 2.75. The van der Waals surface area contributed by atoms with Crippen LogP contribution in [-0.2, 0) is 9.59 Å². The van der Waals surface area contributed by atoms with Gasteiger partial charge in [-0.2, -0.15) is 11.3 Å². The van der Waals surface area contributed by atoms with Crippen molar-refractivity contribution in [3.63, 3.8) is 0 Å². The van der Waals surface area contributed by atoms with Gasteiger partial charge in [-0.3, -0.25) is 9.59 Å². The van der Waals surface area contributed by atoms with E-state index in [0.29, 0.717) is 10.0 Å². The van der Waals surface area contributed by atoms with Crippen molar-refractivity contribution in [3.05, 3.63) is 92.1 Å². The molecule has 29 heavy (non-hydrogen) atoms. The first kappa shape index (κ1) is 21.4. The molecule has 150 valence electrons. The van der Waals surface area contributed by atoms with Crippen molar-refractivity contribution in [2.24, 2.45) is 0 Å². The van der Waals surface area contributed by atoms with Crippen LogP contribution < -0.4 is 10.6 Å². The predicted octanol–water partition coefficient (Wildman–Crippen LogP) is 5.53. The number of nitrogens with one attached hydrogen (secondary N) is 2. The first-order valence-electron chi connectivity index (χ1n) is 9.02. The van der Waals surface area contributed by atoms with E-state index in [9.17, 15) is 9.59 Å². The maximum Gasteiger partial charge on any atom is 0.223 e. The van der Waals surface area contributed by atoms with Crippen molar-refractivity contribution in [2.45, 2.75) is 25.4 Å². The zero-order chi connectivity index (χ0) is 20.8. The molecule has 2 aromatic carbocycles. The molecule has 3 aromatic rings. The molecule has 1 aromatic heterocycles. The highest BCUT2D eigenvalue weighted by molar-refractivity contribution is 7.08. The fourth-order valence-corrected chi connectivity index (χ4v) is 3.99. The largest absolute Gasteiger partial charge is 0.349 e. The zero-order valence-electron chi connectivity index (χ0n) is 15.7.